The summed E-state index contributed by atoms with van der Waals surface area (Å²) in [6.45, 7) is 13.4. The molecule has 0 amide bonds. The van der Waals surface area contributed by atoms with Gasteiger partial charge >= 0.3 is 0 Å². The number of rotatable bonds is 1. The molecule has 1 aliphatic rings. The average molecular weight is 214 g/mol. The van der Waals surface area contributed by atoms with Crippen molar-refractivity contribution >= 4 is 0 Å². The quantitative estimate of drug-likeness (QED) is 0.689. The molecule has 1 unspecified atom stereocenters. The van der Waals surface area contributed by atoms with E-state index in [0.29, 0.717) is 0 Å². The zero-order valence-electron chi connectivity index (χ0n) is 10.8. The molecule has 1 atom stereocenters. The minimum absolute atomic E-state index is 0.100. The first kappa shape index (κ1) is 12.9. The number of aliphatic hydroxyl groups excluding tert-OH is 1. The molecular formula is C12H26N2O. The molecule has 0 bridgehead atoms. The molecule has 0 saturated carbocycles. The molecule has 1 aliphatic heterocycles. The Balaban J connectivity index is 2.97. The number of aliphatic hydroxyl groups is 1. The lowest BCUT2D eigenvalue weighted by Crippen LogP contribution is -2.60. The number of hydrogen-bond donors (Lipinski definition) is 2. The number of hydrogen-bond acceptors (Lipinski definition) is 3. The van der Waals surface area contributed by atoms with Gasteiger partial charge in [-0.25, -0.2) is 0 Å². The van der Waals surface area contributed by atoms with Gasteiger partial charge in [0.2, 0.25) is 0 Å². The van der Waals surface area contributed by atoms with Gasteiger partial charge in [0.1, 0.15) is 0 Å². The van der Waals surface area contributed by atoms with Gasteiger partial charge in [-0.3, -0.25) is 4.90 Å². The fraction of sp³-hybridized carbons (Fsp3) is 1.00. The number of nitrogens with zero attached hydrogens (tertiary/aromatic N) is 1. The predicted octanol–water partition coefficient (Wildman–Crippen LogP) is 1.22. The zero-order chi connectivity index (χ0) is 11.7. The van der Waals surface area contributed by atoms with E-state index in [4.69, 9.17) is 0 Å². The van der Waals surface area contributed by atoms with E-state index >= 15 is 0 Å². The van der Waals surface area contributed by atoms with Crippen LogP contribution in [0.5, 0.6) is 0 Å². The van der Waals surface area contributed by atoms with Crippen molar-refractivity contribution < 1.29 is 5.11 Å². The Kier molecular flexibility index (Phi) is 3.80. The second-order valence-corrected chi connectivity index (χ2v) is 6.14. The smallest absolute Gasteiger partial charge is 0.0599 e. The van der Waals surface area contributed by atoms with E-state index in [9.17, 15) is 5.11 Å². The van der Waals surface area contributed by atoms with Gasteiger partial charge in [-0.15, -0.1) is 0 Å². The van der Waals surface area contributed by atoms with E-state index in [2.05, 4.69) is 44.8 Å². The largest absolute Gasteiger partial charge is 0.395 e. The summed E-state index contributed by atoms with van der Waals surface area (Å²) in [6, 6.07) is 0.225. The molecule has 1 heterocycles. The van der Waals surface area contributed by atoms with E-state index in [-0.39, 0.29) is 23.7 Å². The van der Waals surface area contributed by atoms with Gasteiger partial charge in [0.25, 0.3) is 0 Å². The molecular weight excluding hydrogens is 188 g/mol. The van der Waals surface area contributed by atoms with Crippen LogP contribution in [-0.4, -0.2) is 46.8 Å². The summed E-state index contributed by atoms with van der Waals surface area (Å²) in [6.07, 6.45) is 1.13. The fourth-order valence-electron chi connectivity index (χ4n) is 2.97. The van der Waals surface area contributed by atoms with Crippen molar-refractivity contribution in [3.05, 3.63) is 0 Å². The molecule has 3 nitrogen and oxygen atoms in total. The lowest BCUT2D eigenvalue weighted by atomic mass is 9.90. The summed E-state index contributed by atoms with van der Waals surface area (Å²) >= 11 is 0. The Morgan fingerprint density at radius 3 is 2.47 bits per heavy atom. The third kappa shape index (κ3) is 2.92. The maximum Gasteiger partial charge on any atom is 0.0599 e. The Bertz CT molecular complexity index is 208. The van der Waals surface area contributed by atoms with Crippen LogP contribution in [-0.2, 0) is 0 Å². The van der Waals surface area contributed by atoms with Crippen LogP contribution in [0.1, 0.15) is 41.0 Å². The molecule has 90 valence electrons. The highest BCUT2D eigenvalue weighted by atomic mass is 16.3. The standard InChI is InChI=1S/C12H26N2O/c1-11(2,3)14-10(9-15)8-13-7-6-12(14,4)5/h10,13,15H,6-9H2,1-5H3. The summed E-state index contributed by atoms with van der Waals surface area (Å²) in [4.78, 5) is 2.46. The lowest BCUT2D eigenvalue weighted by molar-refractivity contribution is -0.0267. The summed E-state index contributed by atoms with van der Waals surface area (Å²) in [5.74, 6) is 0. The van der Waals surface area contributed by atoms with Crippen molar-refractivity contribution in [1.29, 1.82) is 0 Å². The van der Waals surface area contributed by atoms with E-state index in [1.165, 1.54) is 0 Å². The first-order valence-electron chi connectivity index (χ1n) is 5.90. The fourth-order valence-corrected chi connectivity index (χ4v) is 2.97. The van der Waals surface area contributed by atoms with Crippen molar-refractivity contribution in [2.45, 2.75) is 58.2 Å². The zero-order valence-corrected chi connectivity index (χ0v) is 10.8. The van der Waals surface area contributed by atoms with Crippen LogP contribution in [0.25, 0.3) is 0 Å². The normalized spacial score (nSPS) is 28.8. The lowest BCUT2D eigenvalue weighted by Gasteiger charge is -2.49. The molecule has 0 spiro atoms. The van der Waals surface area contributed by atoms with Crippen LogP contribution in [0.15, 0.2) is 0 Å². The van der Waals surface area contributed by atoms with Crippen LogP contribution in [0, 0.1) is 0 Å². The Hall–Kier alpha value is -0.120. The van der Waals surface area contributed by atoms with Crippen LogP contribution >= 0.6 is 0 Å². The minimum atomic E-state index is 0.100. The minimum Gasteiger partial charge on any atom is -0.395 e. The molecule has 1 saturated heterocycles. The van der Waals surface area contributed by atoms with Gasteiger partial charge in [0, 0.05) is 23.7 Å². The highest BCUT2D eigenvalue weighted by Crippen LogP contribution is 2.31. The van der Waals surface area contributed by atoms with E-state index < -0.39 is 0 Å². The van der Waals surface area contributed by atoms with Crippen LogP contribution < -0.4 is 5.32 Å². The Labute approximate surface area is 93.9 Å². The predicted molar refractivity (Wildman–Crippen MR) is 64.0 cm³/mol. The molecule has 15 heavy (non-hydrogen) atoms. The van der Waals surface area contributed by atoms with E-state index in [1.54, 1.807) is 0 Å². The van der Waals surface area contributed by atoms with Crippen LogP contribution in [0.4, 0.5) is 0 Å². The maximum absolute atomic E-state index is 9.50. The van der Waals surface area contributed by atoms with Gasteiger partial charge in [0.05, 0.1) is 6.61 Å². The van der Waals surface area contributed by atoms with Crippen molar-refractivity contribution in [1.82, 2.24) is 10.2 Å². The van der Waals surface area contributed by atoms with Crippen molar-refractivity contribution in [3.8, 4) is 0 Å². The molecule has 2 N–H and O–H groups in total. The highest BCUT2D eigenvalue weighted by Gasteiger charge is 2.40. The molecule has 0 radical (unpaired) electrons. The molecule has 3 heteroatoms. The molecule has 0 aliphatic carbocycles. The van der Waals surface area contributed by atoms with Gasteiger partial charge in [-0.05, 0) is 47.6 Å². The van der Waals surface area contributed by atoms with E-state index in [1.807, 2.05) is 0 Å². The first-order chi connectivity index (χ1) is 6.79. The summed E-state index contributed by atoms with van der Waals surface area (Å²) < 4.78 is 0. The SMILES string of the molecule is CC(C)(C)N1C(CO)CNCCC1(C)C. The second kappa shape index (κ2) is 4.40. The molecule has 1 fully saturated rings. The van der Waals surface area contributed by atoms with Crippen molar-refractivity contribution in [2.24, 2.45) is 0 Å². The molecule has 1 rings (SSSR count). The van der Waals surface area contributed by atoms with Crippen molar-refractivity contribution in [2.75, 3.05) is 19.7 Å². The molecule has 0 aromatic carbocycles. The third-order valence-electron chi connectivity index (χ3n) is 3.24. The Morgan fingerprint density at radius 1 is 1.40 bits per heavy atom. The van der Waals surface area contributed by atoms with Crippen LogP contribution in [0.3, 0.4) is 0 Å². The topological polar surface area (TPSA) is 35.5 Å². The van der Waals surface area contributed by atoms with Gasteiger partial charge in [-0.2, -0.15) is 0 Å². The average Bonchev–Trinajstić information content (AvgIpc) is 2.21. The summed E-state index contributed by atoms with van der Waals surface area (Å²) in [7, 11) is 0. The maximum atomic E-state index is 9.50. The highest BCUT2D eigenvalue weighted by molar-refractivity contribution is 4.97. The van der Waals surface area contributed by atoms with Crippen LogP contribution in [0.2, 0.25) is 0 Å². The Morgan fingerprint density at radius 2 is 2.00 bits per heavy atom. The number of nitrogens with one attached hydrogen (secondary N) is 1. The van der Waals surface area contributed by atoms with E-state index in [0.717, 1.165) is 19.5 Å². The second-order valence-electron chi connectivity index (χ2n) is 6.14. The summed E-state index contributed by atoms with van der Waals surface area (Å²) in [5.41, 5.74) is 0.248. The molecule has 0 aromatic heterocycles. The van der Waals surface area contributed by atoms with Gasteiger partial charge in [-0.1, -0.05) is 0 Å². The summed E-state index contributed by atoms with van der Waals surface area (Å²) in [5, 5.41) is 12.9. The van der Waals surface area contributed by atoms with Crippen molar-refractivity contribution in [3.63, 3.8) is 0 Å². The first-order valence-corrected chi connectivity index (χ1v) is 5.90. The van der Waals surface area contributed by atoms with Gasteiger partial charge < -0.3 is 10.4 Å². The third-order valence-corrected chi connectivity index (χ3v) is 3.24. The monoisotopic (exact) mass is 214 g/mol. The molecule has 0 aromatic rings. The van der Waals surface area contributed by atoms with Gasteiger partial charge in [0.15, 0.2) is 0 Å².